The first-order valence-electron chi connectivity index (χ1n) is 5.92. The van der Waals surface area contributed by atoms with Gasteiger partial charge in [-0.15, -0.1) is 0 Å². The van der Waals surface area contributed by atoms with Gasteiger partial charge in [-0.2, -0.15) is 0 Å². The number of hydrogen-bond acceptors (Lipinski definition) is 3. The molecule has 1 aliphatic rings. The van der Waals surface area contributed by atoms with E-state index in [0.717, 1.165) is 5.56 Å². The van der Waals surface area contributed by atoms with Gasteiger partial charge in [0.2, 0.25) is 0 Å². The number of benzene rings is 1. The van der Waals surface area contributed by atoms with Crippen LogP contribution < -0.4 is 5.32 Å². The van der Waals surface area contributed by atoms with Gasteiger partial charge in [0.15, 0.2) is 6.10 Å². The Hall–Kier alpha value is -1.59. The molecule has 102 valence electrons. The Labute approximate surface area is 115 Å². The van der Waals surface area contributed by atoms with E-state index in [0.29, 0.717) is 23.6 Å². The number of anilines is 1. The number of rotatable bonds is 3. The van der Waals surface area contributed by atoms with Crippen LogP contribution in [0.25, 0.3) is 0 Å². The fourth-order valence-electron chi connectivity index (χ4n) is 1.99. The van der Waals surface area contributed by atoms with Gasteiger partial charge in [0, 0.05) is 10.7 Å². The Bertz CT molecular complexity index is 517. The van der Waals surface area contributed by atoms with Gasteiger partial charge < -0.3 is 15.2 Å². The van der Waals surface area contributed by atoms with E-state index in [1.165, 1.54) is 0 Å². The highest BCUT2D eigenvalue weighted by molar-refractivity contribution is 6.30. The van der Waals surface area contributed by atoms with Crippen LogP contribution in [0.3, 0.4) is 0 Å². The van der Waals surface area contributed by atoms with Crippen LogP contribution in [0.15, 0.2) is 18.2 Å². The van der Waals surface area contributed by atoms with Crippen LogP contribution in [-0.4, -0.2) is 29.2 Å². The molecule has 2 N–H and O–H groups in total. The standard InChI is InChI=1S/C13H14ClNO4/c1-7-6-8(14)2-3-9(7)15-12(16)10-4-5-11(19-10)13(17)18/h2-3,6,10-11H,4-5H2,1H3,(H,15,16)(H,17,18). The average molecular weight is 284 g/mol. The maximum absolute atomic E-state index is 12.0. The third-order valence-corrected chi connectivity index (χ3v) is 3.27. The molecular weight excluding hydrogens is 270 g/mol. The van der Waals surface area contributed by atoms with Gasteiger partial charge in [0.25, 0.3) is 5.91 Å². The van der Waals surface area contributed by atoms with Gasteiger partial charge in [-0.1, -0.05) is 11.6 Å². The fourth-order valence-corrected chi connectivity index (χ4v) is 2.22. The van der Waals surface area contributed by atoms with Crippen molar-refractivity contribution < 1.29 is 19.4 Å². The predicted octanol–water partition coefficient (Wildman–Crippen LogP) is 2.22. The Morgan fingerprint density at radius 2 is 2.05 bits per heavy atom. The lowest BCUT2D eigenvalue weighted by atomic mass is 10.1. The van der Waals surface area contributed by atoms with E-state index >= 15 is 0 Å². The molecule has 2 unspecified atom stereocenters. The number of carbonyl (C=O) groups is 2. The molecule has 1 saturated heterocycles. The number of amides is 1. The minimum Gasteiger partial charge on any atom is -0.479 e. The van der Waals surface area contributed by atoms with E-state index in [4.69, 9.17) is 21.4 Å². The van der Waals surface area contributed by atoms with Crippen molar-refractivity contribution in [3.05, 3.63) is 28.8 Å². The summed E-state index contributed by atoms with van der Waals surface area (Å²) in [5, 5.41) is 12.1. The molecule has 2 atom stereocenters. The summed E-state index contributed by atoms with van der Waals surface area (Å²) in [5.74, 6) is -1.35. The van der Waals surface area contributed by atoms with Gasteiger partial charge in [-0.3, -0.25) is 4.79 Å². The van der Waals surface area contributed by atoms with Crippen molar-refractivity contribution in [2.24, 2.45) is 0 Å². The fraction of sp³-hybridized carbons (Fsp3) is 0.385. The van der Waals surface area contributed by atoms with Gasteiger partial charge in [0.1, 0.15) is 6.10 Å². The number of ether oxygens (including phenoxy) is 1. The Kier molecular flexibility index (Phi) is 4.07. The summed E-state index contributed by atoms with van der Waals surface area (Å²) in [7, 11) is 0. The number of aryl methyl sites for hydroxylation is 1. The van der Waals surface area contributed by atoms with Crippen LogP contribution >= 0.6 is 11.6 Å². The van der Waals surface area contributed by atoms with Gasteiger partial charge in [0.05, 0.1) is 0 Å². The van der Waals surface area contributed by atoms with E-state index in [1.807, 2.05) is 6.92 Å². The smallest absolute Gasteiger partial charge is 0.332 e. The second-order valence-corrected chi connectivity index (χ2v) is 4.91. The number of aliphatic carboxylic acids is 1. The molecule has 0 radical (unpaired) electrons. The van der Waals surface area contributed by atoms with Crippen LogP contribution in [-0.2, 0) is 14.3 Å². The molecule has 1 aromatic carbocycles. The molecule has 0 bridgehead atoms. The molecule has 1 fully saturated rings. The van der Waals surface area contributed by atoms with Crippen LogP contribution in [0.1, 0.15) is 18.4 Å². The number of carboxylic acid groups (broad SMARTS) is 1. The third-order valence-electron chi connectivity index (χ3n) is 3.03. The zero-order chi connectivity index (χ0) is 14.0. The first-order chi connectivity index (χ1) is 8.97. The Balaban J connectivity index is 2.00. The van der Waals surface area contributed by atoms with E-state index in [9.17, 15) is 9.59 Å². The lowest BCUT2D eigenvalue weighted by Crippen LogP contribution is -2.30. The highest BCUT2D eigenvalue weighted by Gasteiger charge is 2.34. The SMILES string of the molecule is Cc1cc(Cl)ccc1NC(=O)C1CCC(C(=O)O)O1. The first kappa shape index (κ1) is 13.8. The molecule has 0 spiro atoms. The van der Waals surface area contributed by atoms with Crippen LogP contribution in [0.2, 0.25) is 5.02 Å². The van der Waals surface area contributed by atoms with Gasteiger partial charge in [-0.25, -0.2) is 4.79 Å². The molecule has 19 heavy (non-hydrogen) atoms. The van der Waals surface area contributed by atoms with Gasteiger partial charge in [-0.05, 0) is 43.5 Å². The second-order valence-electron chi connectivity index (χ2n) is 4.48. The van der Waals surface area contributed by atoms with E-state index < -0.39 is 18.2 Å². The highest BCUT2D eigenvalue weighted by Crippen LogP contribution is 2.23. The first-order valence-corrected chi connectivity index (χ1v) is 6.30. The average Bonchev–Trinajstić information content (AvgIpc) is 2.82. The lowest BCUT2D eigenvalue weighted by Gasteiger charge is -2.13. The van der Waals surface area contributed by atoms with Crippen LogP contribution in [0.4, 0.5) is 5.69 Å². The predicted molar refractivity (Wildman–Crippen MR) is 70.3 cm³/mol. The normalized spacial score (nSPS) is 22.2. The van der Waals surface area contributed by atoms with Crippen molar-refractivity contribution in [1.29, 1.82) is 0 Å². The molecule has 0 aromatic heterocycles. The quantitative estimate of drug-likeness (QED) is 0.892. The Morgan fingerprint density at radius 3 is 2.63 bits per heavy atom. The molecule has 1 heterocycles. The minimum atomic E-state index is -1.03. The van der Waals surface area contributed by atoms with Crippen molar-refractivity contribution in [2.45, 2.75) is 32.0 Å². The minimum absolute atomic E-state index is 0.325. The maximum Gasteiger partial charge on any atom is 0.332 e. The zero-order valence-corrected chi connectivity index (χ0v) is 11.1. The number of carboxylic acids is 1. The summed E-state index contributed by atoms with van der Waals surface area (Å²) >= 11 is 5.83. The van der Waals surface area contributed by atoms with Gasteiger partial charge >= 0.3 is 5.97 Å². The molecule has 2 rings (SSSR count). The van der Waals surface area contributed by atoms with Crippen LogP contribution in [0, 0.1) is 6.92 Å². The van der Waals surface area contributed by atoms with E-state index in [2.05, 4.69) is 5.32 Å². The van der Waals surface area contributed by atoms with E-state index in [1.54, 1.807) is 18.2 Å². The summed E-state index contributed by atoms with van der Waals surface area (Å²) in [5.41, 5.74) is 1.49. The van der Waals surface area contributed by atoms with Crippen LogP contribution in [0.5, 0.6) is 0 Å². The highest BCUT2D eigenvalue weighted by atomic mass is 35.5. The lowest BCUT2D eigenvalue weighted by molar-refractivity contribution is -0.150. The summed E-state index contributed by atoms with van der Waals surface area (Å²) in [6, 6.07) is 5.13. The van der Waals surface area contributed by atoms with Crippen molar-refractivity contribution in [3.63, 3.8) is 0 Å². The molecule has 0 saturated carbocycles. The largest absolute Gasteiger partial charge is 0.479 e. The molecule has 1 amide bonds. The summed E-state index contributed by atoms with van der Waals surface area (Å²) in [6.45, 7) is 1.83. The number of carbonyl (C=O) groups excluding carboxylic acids is 1. The van der Waals surface area contributed by atoms with Crippen molar-refractivity contribution in [3.8, 4) is 0 Å². The molecule has 1 aliphatic heterocycles. The second kappa shape index (κ2) is 5.59. The Morgan fingerprint density at radius 1 is 1.37 bits per heavy atom. The molecular formula is C13H14ClNO4. The number of hydrogen-bond donors (Lipinski definition) is 2. The summed E-state index contributed by atoms with van der Waals surface area (Å²) in [4.78, 5) is 22.7. The van der Waals surface area contributed by atoms with E-state index in [-0.39, 0.29) is 5.91 Å². The number of halogens is 1. The summed E-state index contributed by atoms with van der Waals surface area (Å²) in [6.07, 6.45) is -0.833. The molecule has 6 heteroatoms. The topological polar surface area (TPSA) is 75.6 Å². The summed E-state index contributed by atoms with van der Waals surface area (Å²) < 4.78 is 5.18. The molecule has 5 nitrogen and oxygen atoms in total. The maximum atomic E-state index is 12.0. The molecule has 0 aliphatic carbocycles. The number of nitrogens with one attached hydrogen (secondary N) is 1. The molecule has 1 aromatic rings. The van der Waals surface area contributed by atoms with Crippen molar-refractivity contribution in [1.82, 2.24) is 0 Å². The van der Waals surface area contributed by atoms with Crippen molar-refractivity contribution in [2.75, 3.05) is 5.32 Å². The zero-order valence-electron chi connectivity index (χ0n) is 10.4. The monoisotopic (exact) mass is 283 g/mol. The van der Waals surface area contributed by atoms with Crippen molar-refractivity contribution >= 4 is 29.2 Å². The third kappa shape index (κ3) is 3.24.